The number of pyridine rings is 1. The lowest BCUT2D eigenvalue weighted by Crippen LogP contribution is -2.48. The molecule has 0 unspecified atom stereocenters. The lowest BCUT2D eigenvalue weighted by Gasteiger charge is -2.29. The Morgan fingerprint density at radius 3 is 2.14 bits per heavy atom. The lowest BCUT2D eigenvalue weighted by atomic mass is 9.81. The number of benzene rings is 2. The number of aromatic nitrogens is 1. The van der Waals surface area contributed by atoms with Gasteiger partial charge in [0.05, 0.1) is 0 Å². The number of nitrogens with one attached hydrogen (secondary N) is 3. The van der Waals surface area contributed by atoms with E-state index in [1.54, 1.807) is 12.4 Å². The Hall–Kier alpha value is -4.40. The van der Waals surface area contributed by atoms with E-state index in [1.165, 1.54) is 31.2 Å². The maximum atomic E-state index is 13.7. The van der Waals surface area contributed by atoms with Gasteiger partial charge in [-0.3, -0.25) is 14.6 Å². The van der Waals surface area contributed by atoms with Crippen molar-refractivity contribution >= 4 is 23.6 Å². The van der Waals surface area contributed by atoms with Crippen molar-refractivity contribution in [3.05, 3.63) is 89.7 Å². The number of nitrogens with zero attached hydrogens (tertiary/aromatic N) is 1. The molecule has 0 aliphatic heterocycles. The van der Waals surface area contributed by atoms with Gasteiger partial charge in [-0.1, -0.05) is 56.9 Å². The Morgan fingerprint density at radius 1 is 0.820 bits per heavy atom. The first kappa shape index (κ1) is 38.4. The molecule has 0 saturated heterocycles. The van der Waals surface area contributed by atoms with Gasteiger partial charge in [-0.15, -0.1) is 0 Å². The first-order chi connectivity index (χ1) is 24.1. The highest BCUT2D eigenvalue weighted by atomic mass is 16.6. The van der Waals surface area contributed by atoms with Crippen molar-refractivity contribution in [3.63, 3.8) is 0 Å². The third kappa shape index (κ3) is 13.8. The molecule has 4 rings (SSSR count). The van der Waals surface area contributed by atoms with Crippen LogP contribution in [0.4, 0.5) is 10.5 Å². The van der Waals surface area contributed by atoms with Crippen molar-refractivity contribution < 1.29 is 23.9 Å². The standard InChI is InChI=1S/C41H56N4O5/c1-5-6-7-8-9-10-30-13-19-35(20-14-30)44-39(47)37(27-31-15-21-36(22-16-31)49-29-33-23-25-42-26-24-33)45-38(46)34-17-11-32(12-18-34)28-43-40(48)50-41(2,3)4/h13-16,19-26,32,34,37H,5-12,17-18,27-29H2,1-4H3,(H,43,48)(H,44,47)(H,45,46)/t32?,34?,37-/m0/s1. The van der Waals surface area contributed by atoms with E-state index in [0.29, 0.717) is 38.1 Å². The number of carbonyl (C=O) groups excluding carboxylic acids is 3. The summed E-state index contributed by atoms with van der Waals surface area (Å²) in [6.45, 7) is 8.69. The number of unbranched alkanes of at least 4 members (excludes halogenated alkanes) is 4. The fourth-order valence-corrected chi connectivity index (χ4v) is 6.19. The predicted octanol–water partition coefficient (Wildman–Crippen LogP) is 8.17. The van der Waals surface area contributed by atoms with Gasteiger partial charge in [-0.2, -0.15) is 0 Å². The summed E-state index contributed by atoms with van der Waals surface area (Å²) in [7, 11) is 0. The minimum atomic E-state index is -0.754. The van der Waals surface area contributed by atoms with Gasteiger partial charge in [-0.25, -0.2) is 4.79 Å². The second-order valence-electron chi connectivity index (χ2n) is 14.5. The smallest absolute Gasteiger partial charge is 0.407 e. The molecule has 1 saturated carbocycles. The Bertz CT molecular complexity index is 1460. The number of amides is 3. The molecule has 3 aromatic rings. The molecule has 9 nitrogen and oxygen atoms in total. The van der Waals surface area contributed by atoms with Gasteiger partial charge in [0.2, 0.25) is 11.8 Å². The normalized spacial score (nSPS) is 16.6. The molecule has 1 heterocycles. The second-order valence-corrected chi connectivity index (χ2v) is 14.5. The molecule has 0 spiro atoms. The van der Waals surface area contributed by atoms with Crippen LogP contribution >= 0.6 is 0 Å². The molecule has 0 bridgehead atoms. The fraction of sp³-hybridized carbons (Fsp3) is 0.512. The number of alkyl carbamates (subject to hydrolysis) is 1. The fourth-order valence-electron chi connectivity index (χ4n) is 6.19. The average Bonchev–Trinajstić information content (AvgIpc) is 3.10. The van der Waals surface area contributed by atoms with Crippen LogP contribution < -0.4 is 20.7 Å². The molecule has 0 radical (unpaired) electrons. The molecule has 50 heavy (non-hydrogen) atoms. The molecular formula is C41H56N4O5. The Balaban J connectivity index is 1.34. The zero-order valence-corrected chi connectivity index (χ0v) is 30.3. The van der Waals surface area contributed by atoms with E-state index in [-0.39, 0.29) is 23.7 Å². The number of hydrogen-bond acceptors (Lipinski definition) is 6. The van der Waals surface area contributed by atoms with Crippen LogP contribution in [0.25, 0.3) is 0 Å². The summed E-state index contributed by atoms with van der Waals surface area (Å²) in [4.78, 5) is 43.4. The molecule has 2 aromatic carbocycles. The van der Waals surface area contributed by atoms with Gasteiger partial charge >= 0.3 is 6.09 Å². The second kappa shape index (κ2) is 19.7. The third-order valence-electron chi connectivity index (χ3n) is 9.09. The van der Waals surface area contributed by atoms with Crippen LogP contribution in [0.3, 0.4) is 0 Å². The van der Waals surface area contributed by atoms with E-state index in [9.17, 15) is 14.4 Å². The summed E-state index contributed by atoms with van der Waals surface area (Å²) in [6.07, 6.45) is 13.6. The van der Waals surface area contributed by atoms with E-state index in [1.807, 2.05) is 69.3 Å². The average molecular weight is 685 g/mol. The maximum Gasteiger partial charge on any atom is 0.407 e. The van der Waals surface area contributed by atoms with Crippen LogP contribution in [-0.4, -0.2) is 41.1 Å². The third-order valence-corrected chi connectivity index (χ3v) is 9.09. The number of rotatable bonds is 17. The summed E-state index contributed by atoms with van der Waals surface area (Å²) < 4.78 is 11.3. The van der Waals surface area contributed by atoms with Crippen LogP contribution in [0.5, 0.6) is 5.75 Å². The van der Waals surface area contributed by atoms with Crippen LogP contribution in [0.2, 0.25) is 0 Å². The van der Waals surface area contributed by atoms with Gasteiger partial charge in [-0.05, 0) is 118 Å². The quantitative estimate of drug-likeness (QED) is 0.124. The highest BCUT2D eigenvalue weighted by Gasteiger charge is 2.30. The molecule has 9 heteroatoms. The lowest BCUT2D eigenvalue weighted by molar-refractivity contribution is -0.130. The van der Waals surface area contributed by atoms with E-state index in [4.69, 9.17) is 9.47 Å². The Labute approximate surface area is 298 Å². The number of hydrogen-bond donors (Lipinski definition) is 3. The molecule has 1 aromatic heterocycles. The van der Waals surface area contributed by atoms with Crippen LogP contribution in [-0.2, 0) is 33.8 Å². The molecule has 1 aliphatic carbocycles. The number of ether oxygens (including phenoxy) is 2. The number of carbonyl (C=O) groups is 3. The molecule has 1 fully saturated rings. The first-order valence-electron chi connectivity index (χ1n) is 18.4. The highest BCUT2D eigenvalue weighted by molar-refractivity contribution is 5.97. The largest absolute Gasteiger partial charge is 0.489 e. The highest BCUT2D eigenvalue weighted by Crippen LogP contribution is 2.29. The molecule has 270 valence electrons. The van der Waals surface area contributed by atoms with Crippen molar-refractivity contribution in [2.24, 2.45) is 11.8 Å². The minimum absolute atomic E-state index is 0.112. The van der Waals surface area contributed by atoms with Gasteiger partial charge in [0, 0.05) is 37.0 Å². The maximum absolute atomic E-state index is 13.7. The molecule has 3 N–H and O–H groups in total. The summed E-state index contributed by atoms with van der Waals surface area (Å²) in [5.41, 5.74) is 3.36. The van der Waals surface area contributed by atoms with Crippen LogP contribution in [0.15, 0.2) is 73.1 Å². The zero-order valence-electron chi connectivity index (χ0n) is 30.3. The monoisotopic (exact) mass is 684 g/mol. The molecule has 1 aliphatic rings. The van der Waals surface area contributed by atoms with Crippen molar-refractivity contribution in [1.29, 1.82) is 0 Å². The number of aryl methyl sites for hydroxylation is 1. The van der Waals surface area contributed by atoms with Crippen molar-refractivity contribution in [1.82, 2.24) is 15.6 Å². The van der Waals surface area contributed by atoms with Crippen molar-refractivity contribution in [3.8, 4) is 5.75 Å². The first-order valence-corrected chi connectivity index (χ1v) is 18.4. The van der Waals surface area contributed by atoms with Gasteiger partial charge < -0.3 is 25.4 Å². The van der Waals surface area contributed by atoms with Crippen LogP contribution in [0, 0.1) is 11.8 Å². The predicted molar refractivity (Wildman–Crippen MR) is 198 cm³/mol. The van der Waals surface area contributed by atoms with Crippen molar-refractivity contribution in [2.75, 3.05) is 11.9 Å². The van der Waals surface area contributed by atoms with E-state index >= 15 is 0 Å². The summed E-state index contributed by atoms with van der Waals surface area (Å²) in [5.74, 6) is 0.449. The van der Waals surface area contributed by atoms with Gasteiger partial charge in [0.15, 0.2) is 0 Å². The van der Waals surface area contributed by atoms with Crippen LogP contribution in [0.1, 0.15) is 102 Å². The van der Waals surface area contributed by atoms with E-state index in [2.05, 4.69) is 40.0 Å². The van der Waals surface area contributed by atoms with E-state index in [0.717, 1.165) is 42.6 Å². The van der Waals surface area contributed by atoms with Gasteiger partial charge in [0.25, 0.3) is 0 Å². The molecule has 1 atom stereocenters. The zero-order chi connectivity index (χ0) is 35.8. The number of anilines is 1. The Morgan fingerprint density at radius 2 is 1.48 bits per heavy atom. The summed E-state index contributed by atoms with van der Waals surface area (Å²) >= 11 is 0. The molecular weight excluding hydrogens is 628 g/mol. The summed E-state index contributed by atoms with van der Waals surface area (Å²) in [5, 5.41) is 9.00. The van der Waals surface area contributed by atoms with E-state index < -0.39 is 17.7 Å². The SMILES string of the molecule is CCCCCCCc1ccc(NC(=O)[C@H](Cc2ccc(OCc3ccncc3)cc2)NC(=O)C2CCC(CNC(=O)OC(C)(C)C)CC2)cc1. The van der Waals surface area contributed by atoms with Gasteiger partial charge in [0.1, 0.15) is 24.0 Å². The summed E-state index contributed by atoms with van der Waals surface area (Å²) in [6, 6.07) is 18.8. The minimum Gasteiger partial charge on any atom is -0.489 e. The Kier molecular flexibility index (Phi) is 15.1. The molecule has 3 amide bonds. The topological polar surface area (TPSA) is 119 Å². The van der Waals surface area contributed by atoms with Crippen molar-refractivity contribution in [2.45, 2.75) is 117 Å².